The first-order chi connectivity index (χ1) is 10.3. The second-order valence-electron chi connectivity index (χ2n) is 5.40. The number of hydrogen-bond acceptors (Lipinski definition) is 2. The average Bonchev–Trinajstić information content (AvgIpc) is 2.53. The summed E-state index contributed by atoms with van der Waals surface area (Å²) in [6, 6.07) is 12.9. The van der Waals surface area contributed by atoms with E-state index in [0.29, 0.717) is 0 Å². The zero-order chi connectivity index (χ0) is 15.1. The third kappa shape index (κ3) is 4.62. The Balaban J connectivity index is 0.00000242. The van der Waals surface area contributed by atoms with Crippen LogP contribution in [0.15, 0.2) is 36.4 Å². The molecule has 0 amide bonds. The number of likely N-dealkylation sites (N-methyl/N-ethyl adjacent to an activating group) is 1. The molecule has 0 aliphatic carbocycles. The molecule has 0 aromatic heterocycles. The highest BCUT2D eigenvalue weighted by Crippen LogP contribution is 2.30. The van der Waals surface area contributed by atoms with E-state index in [2.05, 4.69) is 62.1 Å². The number of aryl methyl sites for hydroxylation is 1. The highest BCUT2D eigenvalue weighted by Gasteiger charge is 2.09. The van der Waals surface area contributed by atoms with E-state index < -0.39 is 0 Å². The van der Waals surface area contributed by atoms with Gasteiger partial charge in [0.1, 0.15) is 12.4 Å². The van der Waals surface area contributed by atoms with Gasteiger partial charge in [-0.1, -0.05) is 63.6 Å². The number of rotatable bonds is 8. The summed E-state index contributed by atoms with van der Waals surface area (Å²) in [5.41, 5.74) is 1.33. The molecular formula is C19H27ClNO-. The summed E-state index contributed by atoms with van der Waals surface area (Å²) in [6.07, 6.45) is 2.22. The van der Waals surface area contributed by atoms with Crippen molar-refractivity contribution < 1.29 is 17.1 Å². The van der Waals surface area contributed by atoms with Crippen LogP contribution in [0.3, 0.4) is 0 Å². The fraction of sp³-hybridized carbons (Fsp3) is 0.474. The standard InChI is InChI=1S/C19H27NO.ClH/c1-4-9-17-13-12-16-10-7-8-11-18(16)19(17)21-15-14-20(5-2)6-3;/h7-8,10-13H,4-6,9,14-15H2,1-3H3;1H/p-1. The van der Waals surface area contributed by atoms with Gasteiger partial charge in [-0.2, -0.15) is 0 Å². The third-order valence-corrected chi connectivity index (χ3v) is 4.03. The molecule has 122 valence electrons. The number of hydrogen-bond donors (Lipinski definition) is 0. The summed E-state index contributed by atoms with van der Waals surface area (Å²) in [5.74, 6) is 1.09. The van der Waals surface area contributed by atoms with E-state index in [1.54, 1.807) is 0 Å². The van der Waals surface area contributed by atoms with Crippen molar-refractivity contribution in [3.63, 3.8) is 0 Å². The molecule has 0 spiro atoms. The van der Waals surface area contributed by atoms with E-state index >= 15 is 0 Å². The largest absolute Gasteiger partial charge is 1.00 e. The fourth-order valence-corrected chi connectivity index (χ4v) is 2.74. The van der Waals surface area contributed by atoms with Crippen LogP contribution in [0.1, 0.15) is 32.8 Å². The minimum atomic E-state index is 0. The van der Waals surface area contributed by atoms with Crippen LogP contribution in [0.25, 0.3) is 10.8 Å². The lowest BCUT2D eigenvalue weighted by molar-refractivity contribution is -0.00000482. The Labute approximate surface area is 140 Å². The number of fused-ring (bicyclic) bond motifs is 1. The SMILES string of the molecule is CCCc1ccc2ccccc2c1OCCN(CC)CC.[Cl-]. The molecule has 22 heavy (non-hydrogen) atoms. The molecule has 2 aromatic carbocycles. The Morgan fingerprint density at radius 1 is 0.955 bits per heavy atom. The molecule has 0 N–H and O–H groups in total. The van der Waals surface area contributed by atoms with Crippen LogP contribution in [-0.2, 0) is 6.42 Å². The first kappa shape index (κ1) is 18.8. The maximum atomic E-state index is 6.20. The Kier molecular flexibility index (Phi) is 8.29. The van der Waals surface area contributed by atoms with Crippen molar-refractivity contribution in [1.29, 1.82) is 0 Å². The van der Waals surface area contributed by atoms with E-state index in [0.717, 1.165) is 44.8 Å². The first-order valence-corrected chi connectivity index (χ1v) is 8.15. The highest BCUT2D eigenvalue weighted by atomic mass is 35.5. The van der Waals surface area contributed by atoms with Crippen LogP contribution in [0.4, 0.5) is 0 Å². The quantitative estimate of drug-likeness (QED) is 0.731. The fourth-order valence-electron chi connectivity index (χ4n) is 2.74. The van der Waals surface area contributed by atoms with Crippen LogP contribution in [-0.4, -0.2) is 31.1 Å². The molecule has 0 atom stereocenters. The summed E-state index contributed by atoms with van der Waals surface area (Å²) in [6.45, 7) is 10.5. The first-order valence-electron chi connectivity index (χ1n) is 8.15. The lowest BCUT2D eigenvalue weighted by atomic mass is 10.0. The molecule has 2 rings (SSSR count). The van der Waals surface area contributed by atoms with Crippen molar-refractivity contribution in [3.05, 3.63) is 42.0 Å². The second kappa shape index (κ2) is 9.70. The lowest BCUT2D eigenvalue weighted by Crippen LogP contribution is -3.00. The van der Waals surface area contributed by atoms with Gasteiger partial charge in [-0.25, -0.2) is 0 Å². The van der Waals surface area contributed by atoms with Gasteiger partial charge >= 0.3 is 0 Å². The van der Waals surface area contributed by atoms with Crippen LogP contribution in [0.5, 0.6) is 5.75 Å². The van der Waals surface area contributed by atoms with E-state index in [4.69, 9.17) is 4.74 Å². The van der Waals surface area contributed by atoms with Crippen LogP contribution >= 0.6 is 0 Å². The lowest BCUT2D eigenvalue weighted by Gasteiger charge is -2.20. The van der Waals surface area contributed by atoms with Gasteiger partial charge in [0.15, 0.2) is 0 Å². The molecule has 0 bridgehead atoms. The van der Waals surface area contributed by atoms with Crippen LogP contribution in [0, 0.1) is 0 Å². The van der Waals surface area contributed by atoms with Gasteiger partial charge in [0.2, 0.25) is 0 Å². The summed E-state index contributed by atoms with van der Waals surface area (Å²) in [5, 5.41) is 2.50. The topological polar surface area (TPSA) is 12.5 Å². The molecule has 0 saturated carbocycles. The molecule has 2 aromatic rings. The molecule has 0 unspecified atom stereocenters. The summed E-state index contributed by atoms with van der Waals surface area (Å²) >= 11 is 0. The number of ether oxygens (including phenoxy) is 1. The van der Waals surface area contributed by atoms with E-state index in [1.807, 2.05) is 0 Å². The van der Waals surface area contributed by atoms with E-state index in [1.165, 1.54) is 16.3 Å². The number of nitrogens with zero attached hydrogens (tertiary/aromatic N) is 1. The zero-order valence-electron chi connectivity index (χ0n) is 13.9. The Hall–Kier alpha value is -1.25. The normalized spacial score (nSPS) is 10.7. The van der Waals surface area contributed by atoms with Gasteiger partial charge in [0.25, 0.3) is 0 Å². The summed E-state index contributed by atoms with van der Waals surface area (Å²) in [4.78, 5) is 2.39. The maximum Gasteiger partial charge on any atom is 0.130 e. The molecule has 0 fully saturated rings. The van der Waals surface area contributed by atoms with E-state index in [-0.39, 0.29) is 12.4 Å². The third-order valence-electron chi connectivity index (χ3n) is 4.03. The average molecular weight is 321 g/mol. The summed E-state index contributed by atoms with van der Waals surface area (Å²) in [7, 11) is 0. The van der Waals surface area contributed by atoms with Gasteiger partial charge in [-0.05, 0) is 30.5 Å². The maximum absolute atomic E-state index is 6.20. The van der Waals surface area contributed by atoms with Gasteiger partial charge in [-0.3, -0.25) is 0 Å². The van der Waals surface area contributed by atoms with Crippen molar-refractivity contribution in [2.24, 2.45) is 0 Å². The van der Waals surface area contributed by atoms with Gasteiger partial charge in [0, 0.05) is 11.9 Å². The van der Waals surface area contributed by atoms with Gasteiger partial charge < -0.3 is 22.0 Å². The van der Waals surface area contributed by atoms with Gasteiger partial charge in [0.05, 0.1) is 0 Å². The minimum absolute atomic E-state index is 0. The predicted octanol–water partition coefficient (Wildman–Crippen LogP) is 1.52. The van der Waals surface area contributed by atoms with Crippen LogP contribution in [0.2, 0.25) is 0 Å². The predicted molar refractivity (Wildman–Crippen MR) is 91.2 cm³/mol. The molecule has 0 aliphatic heterocycles. The van der Waals surface area contributed by atoms with E-state index in [9.17, 15) is 0 Å². The van der Waals surface area contributed by atoms with Crippen molar-refractivity contribution in [2.75, 3.05) is 26.2 Å². The van der Waals surface area contributed by atoms with Gasteiger partial charge in [-0.15, -0.1) is 0 Å². The minimum Gasteiger partial charge on any atom is -1.00 e. The zero-order valence-corrected chi connectivity index (χ0v) is 14.7. The number of halogens is 1. The monoisotopic (exact) mass is 320 g/mol. The molecule has 0 heterocycles. The number of benzene rings is 2. The smallest absolute Gasteiger partial charge is 0.130 e. The van der Waals surface area contributed by atoms with Crippen molar-refractivity contribution in [2.45, 2.75) is 33.6 Å². The molecule has 0 aliphatic rings. The van der Waals surface area contributed by atoms with Crippen molar-refractivity contribution in [3.8, 4) is 5.75 Å². The Morgan fingerprint density at radius 2 is 1.68 bits per heavy atom. The second-order valence-corrected chi connectivity index (χ2v) is 5.40. The molecule has 0 radical (unpaired) electrons. The van der Waals surface area contributed by atoms with Crippen LogP contribution < -0.4 is 17.1 Å². The van der Waals surface area contributed by atoms with Crippen molar-refractivity contribution in [1.82, 2.24) is 4.90 Å². The van der Waals surface area contributed by atoms with Crippen molar-refractivity contribution >= 4 is 10.8 Å². The molecule has 0 saturated heterocycles. The summed E-state index contributed by atoms with van der Waals surface area (Å²) < 4.78 is 6.20. The molecule has 2 nitrogen and oxygen atoms in total. The molecule has 3 heteroatoms. The Bertz CT molecular complexity index is 566. The Morgan fingerprint density at radius 3 is 2.36 bits per heavy atom. The molecular weight excluding hydrogens is 294 g/mol. The highest BCUT2D eigenvalue weighted by molar-refractivity contribution is 5.89.